The lowest BCUT2D eigenvalue weighted by Crippen LogP contribution is -2.43. The number of carbonyl (C=O) groups is 1. The van der Waals surface area contributed by atoms with Crippen molar-refractivity contribution >= 4 is 11.9 Å². The quantitative estimate of drug-likeness (QED) is 0.473. The van der Waals surface area contributed by atoms with E-state index in [1.165, 1.54) is 6.07 Å². The zero-order valence-electron chi connectivity index (χ0n) is 14.6. The lowest BCUT2D eigenvalue weighted by molar-refractivity contribution is -0.120. The first-order valence-electron chi connectivity index (χ1n) is 8.19. The van der Waals surface area contributed by atoms with E-state index in [4.69, 9.17) is 4.74 Å². The summed E-state index contributed by atoms with van der Waals surface area (Å²) in [5, 5.41) is 8.95. The summed E-state index contributed by atoms with van der Waals surface area (Å²) in [6, 6.07) is 6.30. The van der Waals surface area contributed by atoms with Gasteiger partial charge in [0, 0.05) is 26.6 Å². The third-order valence-corrected chi connectivity index (χ3v) is 3.16. The van der Waals surface area contributed by atoms with Crippen LogP contribution in [0.4, 0.5) is 4.39 Å². The van der Waals surface area contributed by atoms with Gasteiger partial charge in [-0.05, 0) is 25.5 Å². The lowest BCUT2D eigenvalue weighted by atomic mass is 10.3. The second-order valence-electron chi connectivity index (χ2n) is 5.34. The number of aliphatic imine (C=N–C) groups is 1. The van der Waals surface area contributed by atoms with E-state index in [2.05, 4.69) is 20.9 Å². The molecule has 0 heterocycles. The number of nitrogens with zero attached hydrogens (tertiary/aromatic N) is 1. The first-order valence-corrected chi connectivity index (χ1v) is 8.19. The number of guanidine groups is 1. The summed E-state index contributed by atoms with van der Waals surface area (Å²) in [5.74, 6) is 0.422. The molecule has 24 heavy (non-hydrogen) atoms. The normalized spacial score (nSPS) is 12.4. The Labute approximate surface area is 142 Å². The maximum atomic E-state index is 13.5. The molecule has 0 spiro atoms. The molecule has 0 aliphatic carbocycles. The Hall–Kier alpha value is -2.31. The molecule has 1 atom stereocenters. The van der Waals surface area contributed by atoms with Crippen LogP contribution in [-0.2, 0) is 4.79 Å². The molecular formula is C17H27FN4O2. The van der Waals surface area contributed by atoms with Crippen LogP contribution in [-0.4, -0.2) is 44.7 Å². The van der Waals surface area contributed by atoms with Crippen LogP contribution in [0.15, 0.2) is 29.3 Å². The molecule has 1 aromatic rings. The van der Waals surface area contributed by atoms with Crippen molar-refractivity contribution in [3.05, 3.63) is 30.1 Å². The predicted octanol–water partition coefficient (Wildman–Crippen LogP) is 1.67. The molecule has 0 saturated carbocycles. The Morgan fingerprint density at radius 3 is 2.67 bits per heavy atom. The molecule has 0 saturated heterocycles. The van der Waals surface area contributed by atoms with Gasteiger partial charge in [0.25, 0.3) is 0 Å². The van der Waals surface area contributed by atoms with Crippen LogP contribution < -0.4 is 20.7 Å². The molecule has 0 aliphatic rings. The number of hydrogen-bond acceptors (Lipinski definition) is 3. The van der Waals surface area contributed by atoms with E-state index in [0.717, 1.165) is 6.42 Å². The molecule has 6 nitrogen and oxygen atoms in total. The average Bonchev–Trinajstić information content (AvgIpc) is 2.58. The van der Waals surface area contributed by atoms with Crippen molar-refractivity contribution in [1.29, 1.82) is 0 Å². The summed E-state index contributed by atoms with van der Waals surface area (Å²) < 4.78 is 19.1. The van der Waals surface area contributed by atoms with Crippen molar-refractivity contribution in [2.45, 2.75) is 32.8 Å². The van der Waals surface area contributed by atoms with Crippen LogP contribution >= 0.6 is 0 Å². The molecule has 0 aromatic heterocycles. The summed E-state index contributed by atoms with van der Waals surface area (Å²) in [6.07, 6.45) is 1.05. The van der Waals surface area contributed by atoms with Gasteiger partial charge in [0.15, 0.2) is 17.5 Å². The van der Waals surface area contributed by atoms with Crippen molar-refractivity contribution in [3.8, 4) is 5.75 Å². The molecule has 1 rings (SSSR count). The average molecular weight is 338 g/mol. The van der Waals surface area contributed by atoms with Crippen LogP contribution in [0.3, 0.4) is 0 Å². The Bertz CT molecular complexity index is 537. The van der Waals surface area contributed by atoms with Gasteiger partial charge in [0.2, 0.25) is 5.91 Å². The van der Waals surface area contributed by atoms with E-state index in [0.29, 0.717) is 32.0 Å². The van der Waals surface area contributed by atoms with Crippen LogP contribution in [0.25, 0.3) is 0 Å². The van der Waals surface area contributed by atoms with Crippen molar-refractivity contribution in [2.24, 2.45) is 4.99 Å². The highest BCUT2D eigenvalue weighted by Gasteiger charge is 2.09. The van der Waals surface area contributed by atoms with E-state index in [1.807, 2.05) is 13.8 Å². The molecule has 1 amide bonds. The molecule has 0 aliphatic heterocycles. The molecule has 1 unspecified atom stereocenters. The van der Waals surface area contributed by atoms with Crippen LogP contribution in [0.1, 0.15) is 26.7 Å². The van der Waals surface area contributed by atoms with Crippen molar-refractivity contribution < 1.29 is 13.9 Å². The van der Waals surface area contributed by atoms with Crippen LogP contribution in [0, 0.1) is 5.82 Å². The summed E-state index contributed by atoms with van der Waals surface area (Å²) >= 11 is 0. The Morgan fingerprint density at radius 2 is 2.00 bits per heavy atom. The van der Waals surface area contributed by atoms with Gasteiger partial charge < -0.3 is 20.7 Å². The fourth-order valence-electron chi connectivity index (χ4n) is 1.91. The highest BCUT2D eigenvalue weighted by Crippen LogP contribution is 2.16. The highest BCUT2D eigenvalue weighted by molar-refractivity contribution is 5.81. The van der Waals surface area contributed by atoms with Gasteiger partial charge in [-0.25, -0.2) is 4.39 Å². The van der Waals surface area contributed by atoms with Crippen LogP contribution in [0.2, 0.25) is 0 Å². The van der Waals surface area contributed by atoms with Gasteiger partial charge in [-0.1, -0.05) is 19.1 Å². The first-order chi connectivity index (χ1) is 11.6. The third-order valence-electron chi connectivity index (χ3n) is 3.16. The number of amides is 1. The molecule has 0 radical (unpaired) electrons. The monoisotopic (exact) mass is 338 g/mol. The molecular weight excluding hydrogens is 311 g/mol. The second kappa shape index (κ2) is 11.3. The standard InChI is InChI=1S/C17H27FN4O2/c1-4-10-20-16(23)9-11-21-17(19-3)22-12-13(2)24-15-8-6-5-7-14(15)18/h5-8,13H,4,9-12H2,1-3H3,(H,20,23)(H2,19,21,22). The van der Waals surface area contributed by atoms with Gasteiger partial charge in [0.05, 0.1) is 6.54 Å². The smallest absolute Gasteiger partial charge is 0.221 e. The topological polar surface area (TPSA) is 74.8 Å². The van der Waals surface area contributed by atoms with Crippen molar-refractivity contribution in [2.75, 3.05) is 26.7 Å². The van der Waals surface area contributed by atoms with E-state index >= 15 is 0 Å². The molecule has 3 N–H and O–H groups in total. The van der Waals surface area contributed by atoms with E-state index in [9.17, 15) is 9.18 Å². The number of rotatable bonds is 9. The SMILES string of the molecule is CCCNC(=O)CCNC(=NC)NCC(C)Oc1ccccc1F. The number of ether oxygens (including phenoxy) is 1. The third kappa shape index (κ3) is 7.80. The fraction of sp³-hybridized carbons (Fsp3) is 0.529. The summed E-state index contributed by atoms with van der Waals surface area (Å²) in [5.41, 5.74) is 0. The molecule has 7 heteroatoms. The summed E-state index contributed by atoms with van der Waals surface area (Å²) in [4.78, 5) is 15.6. The lowest BCUT2D eigenvalue weighted by Gasteiger charge is -2.18. The zero-order valence-corrected chi connectivity index (χ0v) is 14.6. The van der Waals surface area contributed by atoms with Gasteiger partial charge >= 0.3 is 0 Å². The van der Waals surface area contributed by atoms with E-state index in [1.54, 1.807) is 25.2 Å². The number of halogens is 1. The maximum Gasteiger partial charge on any atom is 0.221 e. The predicted molar refractivity (Wildman–Crippen MR) is 93.8 cm³/mol. The molecule has 0 fully saturated rings. The largest absolute Gasteiger partial charge is 0.486 e. The van der Waals surface area contributed by atoms with Gasteiger partial charge in [0.1, 0.15) is 6.10 Å². The van der Waals surface area contributed by atoms with Gasteiger partial charge in [-0.15, -0.1) is 0 Å². The number of hydrogen-bond donors (Lipinski definition) is 3. The first kappa shape index (κ1) is 19.7. The number of nitrogens with one attached hydrogen (secondary N) is 3. The minimum absolute atomic E-state index is 0.0102. The van der Waals surface area contributed by atoms with E-state index in [-0.39, 0.29) is 23.6 Å². The number of para-hydroxylation sites is 1. The number of carbonyl (C=O) groups excluding carboxylic acids is 1. The van der Waals surface area contributed by atoms with Crippen molar-refractivity contribution in [1.82, 2.24) is 16.0 Å². The Balaban J connectivity index is 2.28. The molecule has 134 valence electrons. The minimum atomic E-state index is -0.384. The van der Waals surface area contributed by atoms with Gasteiger partial charge in [-0.2, -0.15) is 0 Å². The fourth-order valence-corrected chi connectivity index (χ4v) is 1.91. The molecule has 0 bridgehead atoms. The van der Waals surface area contributed by atoms with Gasteiger partial charge in [-0.3, -0.25) is 9.79 Å². The Morgan fingerprint density at radius 1 is 1.25 bits per heavy atom. The van der Waals surface area contributed by atoms with Crippen molar-refractivity contribution in [3.63, 3.8) is 0 Å². The van der Waals surface area contributed by atoms with Crippen LogP contribution in [0.5, 0.6) is 5.75 Å². The Kier molecular flexibility index (Phi) is 9.26. The number of benzene rings is 1. The zero-order chi connectivity index (χ0) is 17.8. The highest BCUT2D eigenvalue weighted by atomic mass is 19.1. The second-order valence-corrected chi connectivity index (χ2v) is 5.34. The summed E-state index contributed by atoms with van der Waals surface area (Å²) in [7, 11) is 1.65. The minimum Gasteiger partial charge on any atom is -0.486 e. The molecule has 1 aromatic carbocycles. The maximum absolute atomic E-state index is 13.5. The summed E-state index contributed by atoms with van der Waals surface area (Å²) in [6.45, 7) is 5.48. The van der Waals surface area contributed by atoms with E-state index < -0.39 is 0 Å².